The Morgan fingerprint density at radius 3 is 2.27 bits per heavy atom. The van der Waals surface area contributed by atoms with Gasteiger partial charge in [0.15, 0.2) is 11.7 Å². The Kier molecular flexibility index (Phi) is 5.67. The van der Waals surface area contributed by atoms with Crippen molar-refractivity contribution in [2.75, 3.05) is 19.0 Å². The van der Waals surface area contributed by atoms with E-state index in [-0.39, 0.29) is 0 Å². The fourth-order valence-corrected chi connectivity index (χ4v) is 2.20. The molecule has 0 bridgehead atoms. The van der Waals surface area contributed by atoms with Gasteiger partial charge < -0.3 is 4.90 Å². The van der Waals surface area contributed by atoms with Crippen molar-refractivity contribution in [3.05, 3.63) is 84.3 Å². The number of amidine groups is 1. The molecule has 1 N–H and O–H groups in total. The first kappa shape index (κ1) is 17.3. The van der Waals surface area contributed by atoms with E-state index in [0.29, 0.717) is 17.3 Å². The molecule has 0 aliphatic rings. The number of anilines is 1. The van der Waals surface area contributed by atoms with Crippen LogP contribution in [0.5, 0.6) is 0 Å². The van der Waals surface area contributed by atoms with E-state index in [9.17, 15) is 0 Å². The Labute approximate surface area is 153 Å². The highest BCUT2D eigenvalue weighted by atomic mass is 15.3. The van der Waals surface area contributed by atoms with Gasteiger partial charge in [-0.05, 0) is 42.0 Å². The summed E-state index contributed by atoms with van der Waals surface area (Å²) in [5, 5.41) is 4.30. The number of aliphatic imine (C=N–C) groups is 1. The highest BCUT2D eigenvalue weighted by Crippen LogP contribution is 2.11. The zero-order chi connectivity index (χ0) is 18.2. The van der Waals surface area contributed by atoms with E-state index in [1.807, 2.05) is 74.8 Å². The Morgan fingerprint density at radius 2 is 1.65 bits per heavy atom. The molecule has 6 heteroatoms. The molecule has 0 unspecified atom stereocenters. The molecule has 26 heavy (non-hydrogen) atoms. The SMILES string of the molecule is CN(C)c1ccc(/C=N/N/C(=N/c2ccccn2)c2ccccn2)cc1. The van der Waals surface area contributed by atoms with Gasteiger partial charge in [0.25, 0.3) is 0 Å². The molecule has 130 valence electrons. The quantitative estimate of drug-likeness (QED) is 0.438. The van der Waals surface area contributed by atoms with Crippen LogP contribution in [0, 0.1) is 0 Å². The molecule has 0 amide bonds. The van der Waals surface area contributed by atoms with Crippen molar-refractivity contribution in [1.82, 2.24) is 15.4 Å². The van der Waals surface area contributed by atoms with Crippen molar-refractivity contribution >= 4 is 23.6 Å². The minimum absolute atomic E-state index is 0.533. The first-order valence-corrected chi connectivity index (χ1v) is 8.20. The van der Waals surface area contributed by atoms with Crippen LogP contribution in [0.15, 0.2) is 83.2 Å². The maximum absolute atomic E-state index is 4.51. The molecular formula is C20H20N6. The summed E-state index contributed by atoms with van der Waals surface area (Å²) in [6, 6.07) is 19.3. The van der Waals surface area contributed by atoms with Gasteiger partial charge in [-0.25, -0.2) is 9.98 Å². The minimum Gasteiger partial charge on any atom is -0.378 e. The van der Waals surface area contributed by atoms with E-state index in [1.165, 1.54) is 0 Å². The van der Waals surface area contributed by atoms with Gasteiger partial charge in [0, 0.05) is 32.2 Å². The lowest BCUT2D eigenvalue weighted by Crippen LogP contribution is -2.20. The zero-order valence-electron chi connectivity index (χ0n) is 14.7. The predicted molar refractivity (Wildman–Crippen MR) is 106 cm³/mol. The first-order valence-electron chi connectivity index (χ1n) is 8.20. The van der Waals surface area contributed by atoms with Crippen LogP contribution in [0.3, 0.4) is 0 Å². The van der Waals surface area contributed by atoms with Crippen LogP contribution >= 0.6 is 0 Å². The van der Waals surface area contributed by atoms with Crippen molar-refractivity contribution < 1.29 is 0 Å². The summed E-state index contributed by atoms with van der Waals surface area (Å²) in [6.45, 7) is 0. The number of nitrogens with one attached hydrogen (secondary N) is 1. The van der Waals surface area contributed by atoms with Crippen LogP contribution < -0.4 is 10.3 Å². The third kappa shape index (κ3) is 4.73. The Balaban J connectivity index is 1.79. The second-order valence-corrected chi connectivity index (χ2v) is 5.72. The number of hydrazone groups is 1. The van der Waals surface area contributed by atoms with E-state index in [4.69, 9.17) is 0 Å². The Hall–Kier alpha value is -3.54. The number of hydrogen-bond donors (Lipinski definition) is 1. The van der Waals surface area contributed by atoms with E-state index in [0.717, 1.165) is 11.3 Å². The summed E-state index contributed by atoms with van der Waals surface area (Å²) < 4.78 is 0. The number of pyridine rings is 2. The molecule has 0 spiro atoms. The number of nitrogens with zero attached hydrogens (tertiary/aromatic N) is 5. The summed E-state index contributed by atoms with van der Waals surface area (Å²) in [6.07, 6.45) is 5.16. The van der Waals surface area contributed by atoms with Gasteiger partial charge in [-0.1, -0.05) is 24.3 Å². The molecule has 3 aromatic rings. The van der Waals surface area contributed by atoms with Crippen LogP contribution in [-0.4, -0.2) is 36.1 Å². The Bertz CT molecular complexity index is 871. The van der Waals surface area contributed by atoms with Gasteiger partial charge in [-0.2, -0.15) is 5.10 Å². The predicted octanol–water partition coefficient (Wildman–Crippen LogP) is 3.24. The van der Waals surface area contributed by atoms with Gasteiger partial charge in [0.05, 0.1) is 6.21 Å². The number of hydrogen-bond acceptors (Lipinski definition) is 5. The normalized spacial score (nSPS) is 11.5. The van der Waals surface area contributed by atoms with Gasteiger partial charge in [0.1, 0.15) is 5.69 Å². The number of rotatable bonds is 5. The van der Waals surface area contributed by atoms with Crippen molar-refractivity contribution in [3.8, 4) is 0 Å². The average Bonchev–Trinajstić information content (AvgIpc) is 2.69. The minimum atomic E-state index is 0.533. The van der Waals surface area contributed by atoms with Gasteiger partial charge in [0.2, 0.25) is 0 Å². The zero-order valence-corrected chi connectivity index (χ0v) is 14.7. The summed E-state index contributed by atoms with van der Waals surface area (Å²) in [5.41, 5.74) is 5.80. The summed E-state index contributed by atoms with van der Waals surface area (Å²) >= 11 is 0. The van der Waals surface area contributed by atoms with E-state index in [1.54, 1.807) is 18.6 Å². The Morgan fingerprint density at radius 1 is 0.923 bits per heavy atom. The second-order valence-electron chi connectivity index (χ2n) is 5.72. The van der Waals surface area contributed by atoms with Crippen LogP contribution in [0.25, 0.3) is 0 Å². The van der Waals surface area contributed by atoms with Crippen LogP contribution in [-0.2, 0) is 0 Å². The highest BCUT2D eigenvalue weighted by Gasteiger charge is 2.04. The molecule has 0 saturated heterocycles. The summed E-state index contributed by atoms with van der Waals surface area (Å²) in [7, 11) is 4.02. The lowest BCUT2D eigenvalue weighted by molar-refractivity contribution is 1.01. The second kappa shape index (κ2) is 8.53. The molecule has 6 nitrogen and oxygen atoms in total. The van der Waals surface area contributed by atoms with Crippen LogP contribution in [0.2, 0.25) is 0 Å². The van der Waals surface area contributed by atoms with E-state index in [2.05, 4.69) is 30.4 Å². The molecular weight excluding hydrogens is 324 g/mol. The van der Waals surface area contributed by atoms with Crippen LogP contribution in [0.4, 0.5) is 11.5 Å². The van der Waals surface area contributed by atoms with Crippen molar-refractivity contribution in [3.63, 3.8) is 0 Å². The first-order chi connectivity index (χ1) is 12.7. The largest absolute Gasteiger partial charge is 0.378 e. The van der Waals surface area contributed by atoms with Crippen molar-refractivity contribution in [1.29, 1.82) is 0 Å². The lowest BCUT2D eigenvalue weighted by atomic mass is 10.2. The highest BCUT2D eigenvalue weighted by molar-refractivity contribution is 5.98. The molecule has 0 aliphatic heterocycles. The molecule has 3 rings (SSSR count). The van der Waals surface area contributed by atoms with Gasteiger partial charge in [-0.3, -0.25) is 10.4 Å². The fraction of sp³-hybridized carbons (Fsp3) is 0.100. The van der Waals surface area contributed by atoms with Gasteiger partial charge in [-0.15, -0.1) is 0 Å². The smallest absolute Gasteiger partial charge is 0.174 e. The maximum Gasteiger partial charge on any atom is 0.174 e. The monoisotopic (exact) mass is 344 g/mol. The van der Waals surface area contributed by atoms with Crippen molar-refractivity contribution in [2.24, 2.45) is 10.1 Å². The number of benzene rings is 1. The molecule has 0 radical (unpaired) electrons. The topological polar surface area (TPSA) is 65.8 Å². The average molecular weight is 344 g/mol. The molecule has 0 fully saturated rings. The molecule has 2 heterocycles. The third-order valence-electron chi connectivity index (χ3n) is 3.58. The van der Waals surface area contributed by atoms with Crippen LogP contribution in [0.1, 0.15) is 11.3 Å². The summed E-state index contributed by atoms with van der Waals surface area (Å²) in [5.74, 6) is 1.12. The molecule has 2 aromatic heterocycles. The number of aromatic nitrogens is 2. The summed E-state index contributed by atoms with van der Waals surface area (Å²) in [4.78, 5) is 15.1. The molecule has 1 aromatic carbocycles. The van der Waals surface area contributed by atoms with E-state index >= 15 is 0 Å². The van der Waals surface area contributed by atoms with Gasteiger partial charge >= 0.3 is 0 Å². The molecule has 0 aliphatic carbocycles. The molecule has 0 saturated carbocycles. The standard InChI is InChI=1S/C20H20N6/c1-26(2)17-11-9-16(10-12-17)15-23-25-20(18-7-3-5-13-21-18)24-19-8-4-6-14-22-19/h3-15H,1-2H3,(H,22,24,25)/b23-15+. The third-order valence-corrected chi connectivity index (χ3v) is 3.58. The fourth-order valence-electron chi connectivity index (χ4n) is 2.20. The lowest BCUT2D eigenvalue weighted by Gasteiger charge is -2.11. The van der Waals surface area contributed by atoms with Crippen molar-refractivity contribution in [2.45, 2.75) is 0 Å². The van der Waals surface area contributed by atoms with E-state index < -0.39 is 0 Å². The molecule has 0 atom stereocenters. The maximum atomic E-state index is 4.51.